The molecule has 0 fully saturated rings. The van der Waals surface area contributed by atoms with Crippen molar-refractivity contribution < 1.29 is 4.92 Å². The Bertz CT molecular complexity index is 587. The van der Waals surface area contributed by atoms with Crippen LogP contribution in [0.1, 0.15) is 9.88 Å². The zero-order valence-electron chi connectivity index (χ0n) is 9.38. The van der Waals surface area contributed by atoms with E-state index in [1.165, 1.54) is 12.1 Å². The lowest BCUT2D eigenvalue weighted by Gasteiger charge is -2.03. The zero-order valence-corrected chi connectivity index (χ0v) is 11.0. The Morgan fingerprint density at radius 2 is 2.33 bits per heavy atom. The van der Waals surface area contributed by atoms with E-state index < -0.39 is 4.92 Å². The second-order valence-corrected chi connectivity index (χ2v) is 5.22. The van der Waals surface area contributed by atoms with Gasteiger partial charge in [0.1, 0.15) is 16.0 Å². The molecular weight excluding hydrogens is 276 g/mol. The van der Waals surface area contributed by atoms with Crippen molar-refractivity contribution in [2.24, 2.45) is 0 Å². The summed E-state index contributed by atoms with van der Waals surface area (Å²) in [5.74, 6) is 0.363. The highest BCUT2D eigenvalue weighted by atomic mass is 35.5. The average Bonchev–Trinajstić information content (AvgIpc) is 2.72. The largest absolute Gasteiger partial charge is 0.363 e. The van der Waals surface area contributed by atoms with Crippen LogP contribution >= 0.6 is 22.9 Å². The molecular formula is C10H9ClN4O2S. The topological polar surface area (TPSA) is 81.0 Å². The molecule has 0 aliphatic rings. The van der Waals surface area contributed by atoms with E-state index in [1.807, 2.05) is 6.92 Å². The molecule has 2 rings (SSSR count). The second-order valence-electron chi connectivity index (χ2n) is 3.51. The molecule has 8 heteroatoms. The second kappa shape index (κ2) is 5.28. The number of hydrogen-bond acceptors (Lipinski definition) is 6. The maximum absolute atomic E-state index is 10.7. The first kappa shape index (κ1) is 12.7. The number of nitrogens with zero attached hydrogens (tertiary/aromatic N) is 3. The monoisotopic (exact) mass is 284 g/mol. The van der Waals surface area contributed by atoms with Gasteiger partial charge in [0.2, 0.25) is 0 Å². The highest BCUT2D eigenvalue weighted by molar-refractivity contribution is 7.11. The number of hydrogen-bond donors (Lipinski definition) is 1. The minimum atomic E-state index is -0.508. The van der Waals surface area contributed by atoms with E-state index in [1.54, 1.807) is 17.5 Å². The Kier molecular flexibility index (Phi) is 3.73. The highest BCUT2D eigenvalue weighted by Crippen LogP contribution is 2.21. The van der Waals surface area contributed by atoms with Crippen molar-refractivity contribution >= 4 is 34.4 Å². The first-order chi connectivity index (χ1) is 8.54. The lowest BCUT2D eigenvalue weighted by Crippen LogP contribution is -2.02. The van der Waals surface area contributed by atoms with Crippen LogP contribution in [-0.2, 0) is 6.54 Å². The standard InChI is InChI=1S/C10H9ClN4O2S/c1-6-4-13-10(18-6)5-12-9-3-7(15(16)17)2-8(11)14-9/h2-4H,5H2,1H3,(H,12,14). The molecule has 18 heavy (non-hydrogen) atoms. The van der Waals surface area contributed by atoms with E-state index >= 15 is 0 Å². The molecule has 94 valence electrons. The molecule has 0 bridgehead atoms. The van der Waals surface area contributed by atoms with Gasteiger partial charge in [-0.15, -0.1) is 11.3 Å². The number of nitro groups is 1. The lowest BCUT2D eigenvalue weighted by atomic mass is 10.4. The summed E-state index contributed by atoms with van der Waals surface area (Å²) in [6.07, 6.45) is 1.77. The van der Waals surface area contributed by atoms with Crippen LogP contribution in [0.25, 0.3) is 0 Å². The Balaban J connectivity index is 2.11. The van der Waals surface area contributed by atoms with Crippen molar-refractivity contribution in [2.45, 2.75) is 13.5 Å². The van der Waals surface area contributed by atoms with Gasteiger partial charge in [0.15, 0.2) is 0 Å². The third kappa shape index (κ3) is 3.14. The van der Waals surface area contributed by atoms with Crippen molar-refractivity contribution in [2.75, 3.05) is 5.32 Å². The first-order valence-corrected chi connectivity index (χ1v) is 6.21. The summed E-state index contributed by atoms with van der Waals surface area (Å²) in [4.78, 5) is 19.4. The predicted molar refractivity (Wildman–Crippen MR) is 70.1 cm³/mol. The van der Waals surface area contributed by atoms with Crippen LogP contribution in [0.5, 0.6) is 0 Å². The lowest BCUT2D eigenvalue weighted by molar-refractivity contribution is -0.384. The van der Waals surface area contributed by atoms with Gasteiger partial charge < -0.3 is 5.32 Å². The van der Waals surface area contributed by atoms with Gasteiger partial charge >= 0.3 is 0 Å². The summed E-state index contributed by atoms with van der Waals surface area (Å²) in [6, 6.07) is 2.55. The number of anilines is 1. The minimum absolute atomic E-state index is 0.0852. The Hall–Kier alpha value is -1.73. The number of aromatic nitrogens is 2. The van der Waals surface area contributed by atoms with E-state index in [4.69, 9.17) is 11.6 Å². The van der Waals surface area contributed by atoms with Gasteiger partial charge in [-0.2, -0.15) is 0 Å². The van der Waals surface area contributed by atoms with Gasteiger partial charge in [-0.3, -0.25) is 10.1 Å². The molecule has 2 aromatic heterocycles. The molecule has 6 nitrogen and oxygen atoms in total. The number of rotatable bonds is 4. The number of thiazole rings is 1. The predicted octanol–water partition coefficient (Wildman–Crippen LogP) is 3.02. The van der Waals surface area contributed by atoms with Crippen LogP contribution in [0.2, 0.25) is 5.15 Å². The summed E-state index contributed by atoms with van der Waals surface area (Å²) in [6.45, 7) is 2.42. The number of nitrogens with one attached hydrogen (secondary N) is 1. The number of aryl methyl sites for hydroxylation is 1. The van der Waals surface area contributed by atoms with Crippen LogP contribution in [-0.4, -0.2) is 14.9 Å². The third-order valence-electron chi connectivity index (χ3n) is 2.08. The highest BCUT2D eigenvalue weighted by Gasteiger charge is 2.10. The van der Waals surface area contributed by atoms with Gasteiger partial charge in [0, 0.05) is 11.1 Å². The van der Waals surface area contributed by atoms with E-state index in [-0.39, 0.29) is 10.8 Å². The fraction of sp³-hybridized carbons (Fsp3) is 0.200. The van der Waals surface area contributed by atoms with Crippen molar-refractivity contribution in [1.29, 1.82) is 0 Å². The van der Waals surface area contributed by atoms with Crippen LogP contribution in [0, 0.1) is 17.0 Å². The molecule has 0 atom stereocenters. The molecule has 0 spiro atoms. The van der Waals surface area contributed by atoms with Gasteiger partial charge in [-0.1, -0.05) is 11.6 Å². The maximum atomic E-state index is 10.7. The summed E-state index contributed by atoms with van der Waals surface area (Å²) >= 11 is 7.26. The van der Waals surface area contributed by atoms with E-state index in [9.17, 15) is 10.1 Å². The van der Waals surface area contributed by atoms with Crippen LogP contribution in [0.3, 0.4) is 0 Å². The van der Waals surface area contributed by atoms with Gasteiger partial charge in [-0.05, 0) is 6.92 Å². The van der Waals surface area contributed by atoms with E-state index in [2.05, 4.69) is 15.3 Å². The molecule has 2 aromatic rings. The fourth-order valence-corrected chi connectivity index (χ4v) is 2.26. The normalized spacial score (nSPS) is 10.3. The molecule has 2 heterocycles. The third-order valence-corrected chi connectivity index (χ3v) is 3.19. The van der Waals surface area contributed by atoms with Crippen molar-refractivity contribution in [3.8, 4) is 0 Å². The summed E-state index contributed by atoms with van der Waals surface area (Å²) in [5, 5.41) is 14.6. The molecule has 0 radical (unpaired) electrons. The van der Waals surface area contributed by atoms with Gasteiger partial charge in [0.25, 0.3) is 5.69 Å². The number of pyridine rings is 1. The molecule has 0 saturated carbocycles. The first-order valence-electron chi connectivity index (χ1n) is 5.02. The molecule has 0 saturated heterocycles. The Morgan fingerprint density at radius 3 is 2.94 bits per heavy atom. The molecule has 0 aliphatic heterocycles. The smallest absolute Gasteiger partial charge is 0.276 e. The van der Waals surface area contributed by atoms with E-state index in [0.29, 0.717) is 12.4 Å². The van der Waals surface area contributed by atoms with Crippen LogP contribution < -0.4 is 5.32 Å². The van der Waals surface area contributed by atoms with Gasteiger partial charge in [0.05, 0.1) is 23.6 Å². The summed E-state index contributed by atoms with van der Waals surface area (Å²) < 4.78 is 0. The quantitative estimate of drug-likeness (QED) is 0.530. The summed E-state index contributed by atoms with van der Waals surface area (Å²) in [7, 11) is 0. The molecule has 0 amide bonds. The Labute approximate surface area is 112 Å². The molecule has 0 aliphatic carbocycles. The van der Waals surface area contributed by atoms with Crippen molar-refractivity contribution in [3.05, 3.63) is 43.5 Å². The SMILES string of the molecule is Cc1cnc(CNc2cc([N+](=O)[O-])cc(Cl)n2)s1. The molecule has 0 unspecified atom stereocenters. The van der Waals surface area contributed by atoms with Crippen LogP contribution in [0.4, 0.5) is 11.5 Å². The average molecular weight is 285 g/mol. The fourth-order valence-electron chi connectivity index (χ4n) is 1.33. The minimum Gasteiger partial charge on any atom is -0.363 e. The van der Waals surface area contributed by atoms with Gasteiger partial charge in [-0.25, -0.2) is 9.97 Å². The van der Waals surface area contributed by atoms with Crippen LogP contribution in [0.15, 0.2) is 18.3 Å². The van der Waals surface area contributed by atoms with E-state index in [0.717, 1.165) is 9.88 Å². The zero-order chi connectivity index (χ0) is 13.1. The molecule has 0 aromatic carbocycles. The maximum Gasteiger partial charge on any atom is 0.276 e. The molecule has 1 N–H and O–H groups in total. The van der Waals surface area contributed by atoms with Crippen molar-refractivity contribution in [1.82, 2.24) is 9.97 Å². The summed E-state index contributed by atoms with van der Waals surface area (Å²) in [5.41, 5.74) is -0.0900. The number of halogens is 1. The Morgan fingerprint density at radius 1 is 1.56 bits per heavy atom. The van der Waals surface area contributed by atoms with Crippen molar-refractivity contribution in [3.63, 3.8) is 0 Å².